The van der Waals surface area contributed by atoms with E-state index in [1.165, 1.54) is 12.8 Å². The quantitative estimate of drug-likeness (QED) is 0.638. The van der Waals surface area contributed by atoms with Crippen LogP contribution in [0.4, 0.5) is 0 Å². The summed E-state index contributed by atoms with van der Waals surface area (Å²) < 4.78 is 0. The lowest BCUT2D eigenvalue weighted by Crippen LogP contribution is -2.44. The first kappa shape index (κ1) is 12.9. The van der Waals surface area contributed by atoms with Gasteiger partial charge in [0.2, 0.25) is 0 Å². The van der Waals surface area contributed by atoms with Crippen LogP contribution in [0.15, 0.2) is 0 Å². The summed E-state index contributed by atoms with van der Waals surface area (Å²) in [5.41, 5.74) is 6.17. The molecule has 3 N–H and O–H groups in total. The number of aliphatic hydroxyl groups excluding tert-OH is 1. The Labute approximate surface area is 93.6 Å². The van der Waals surface area contributed by atoms with E-state index in [0.29, 0.717) is 0 Å². The monoisotopic (exact) mass is 214 g/mol. The first-order chi connectivity index (χ1) is 7.21. The summed E-state index contributed by atoms with van der Waals surface area (Å²) in [7, 11) is 0. The molecule has 0 radical (unpaired) electrons. The van der Waals surface area contributed by atoms with E-state index in [-0.39, 0.29) is 12.0 Å². The Morgan fingerprint density at radius 1 is 1.33 bits per heavy atom. The number of aliphatic hydroxyl groups is 1. The highest BCUT2D eigenvalue weighted by molar-refractivity contribution is 4.90. The molecule has 0 atom stereocenters. The van der Waals surface area contributed by atoms with E-state index < -0.39 is 0 Å². The largest absolute Gasteiger partial charge is 0.395 e. The van der Waals surface area contributed by atoms with Crippen molar-refractivity contribution in [2.24, 2.45) is 11.1 Å². The van der Waals surface area contributed by atoms with Gasteiger partial charge in [0.25, 0.3) is 0 Å². The van der Waals surface area contributed by atoms with E-state index >= 15 is 0 Å². The Balaban J connectivity index is 2.52. The number of hydrogen-bond donors (Lipinski definition) is 2. The van der Waals surface area contributed by atoms with Gasteiger partial charge in [0.15, 0.2) is 0 Å². The van der Waals surface area contributed by atoms with Crippen molar-refractivity contribution >= 4 is 0 Å². The SMILES string of the molecule is CCC(CC)(CN)CN(CCO)C1CC1. The molecule has 90 valence electrons. The van der Waals surface area contributed by atoms with Crippen molar-refractivity contribution in [2.45, 2.75) is 45.6 Å². The van der Waals surface area contributed by atoms with Crippen LogP contribution >= 0.6 is 0 Å². The van der Waals surface area contributed by atoms with Gasteiger partial charge in [-0.3, -0.25) is 4.90 Å². The standard InChI is InChI=1S/C12H26N2O/c1-3-12(4-2,9-13)10-14(7-8-15)11-5-6-11/h11,15H,3-10,13H2,1-2H3. The van der Waals surface area contributed by atoms with Crippen molar-refractivity contribution < 1.29 is 5.11 Å². The number of nitrogens with two attached hydrogens (primary N) is 1. The topological polar surface area (TPSA) is 49.5 Å². The molecule has 3 nitrogen and oxygen atoms in total. The summed E-state index contributed by atoms with van der Waals surface area (Å²) in [4.78, 5) is 2.43. The van der Waals surface area contributed by atoms with Crippen LogP contribution in [0.5, 0.6) is 0 Å². The summed E-state index contributed by atoms with van der Waals surface area (Å²) in [6, 6.07) is 0.723. The van der Waals surface area contributed by atoms with Gasteiger partial charge in [0.05, 0.1) is 6.61 Å². The fourth-order valence-corrected chi connectivity index (χ4v) is 2.22. The van der Waals surface area contributed by atoms with Crippen molar-refractivity contribution in [1.29, 1.82) is 0 Å². The molecule has 3 heteroatoms. The predicted molar refractivity (Wildman–Crippen MR) is 63.8 cm³/mol. The van der Waals surface area contributed by atoms with Crippen LogP contribution in [0.2, 0.25) is 0 Å². The third-order valence-corrected chi connectivity index (χ3v) is 3.92. The molecule has 0 spiro atoms. The van der Waals surface area contributed by atoms with Crippen LogP contribution in [0.25, 0.3) is 0 Å². The summed E-state index contributed by atoms with van der Waals surface area (Å²) in [5, 5.41) is 9.06. The van der Waals surface area contributed by atoms with Crippen LogP contribution in [-0.4, -0.2) is 42.3 Å². The minimum atomic E-state index is 0.262. The summed E-state index contributed by atoms with van der Waals surface area (Å²) >= 11 is 0. The smallest absolute Gasteiger partial charge is 0.0558 e. The number of rotatable bonds is 8. The van der Waals surface area contributed by atoms with Crippen LogP contribution < -0.4 is 5.73 Å². The van der Waals surface area contributed by atoms with Gasteiger partial charge in [0.1, 0.15) is 0 Å². The molecule has 0 unspecified atom stereocenters. The van der Waals surface area contributed by atoms with Gasteiger partial charge in [-0.05, 0) is 37.6 Å². The lowest BCUT2D eigenvalue weighted by Gasteiger charge is -2.36. The summed E-state index contributed by atoms with van der Waals surface area (Å²) in [6.07, 6.45) is 4.87. The first-order valence-electron chi connectivity index (χ1n) is 6.26. The Kier molecular flexibility index (Phi) is 5.03. The van der Waals surface area contributed by atoms with Gasteiger partial charge in [-0.1, -0.05) is 13.8 Å². The molecule has 0 aliphatic heterocycles. The molecular formula is C12H26N2O. The molecule has 1 saturated carbocycles. The van der Waals surface area contributed by atoms with Crippen LogP contribution in [0.3, 0.4) is 0 Å². The van der Waals surface area contributed by atoms with E-state index in [4.69, 9.17) is 10.8 Å². The predicted octanol–water partition coefficient (Wildman–Crippen LogP) is 1.21. The van der Waals surface area contributed by atoms with E-state index in [1.54, 1.807) is 0 Å². The number of nitrogens with zero attached hydrogens (tertiary/aromatic N) is 1. The van der Waals surface area contributed by atoms with Crippen molar-refractivity contribution in [2.75, 3.05) is 26.2 Å². The molecular weight excluding hydrogens is 188 g/mol. The van der Waals surface area contributed by atoms with Crippen LogP contribution in [0, 0.1) is 5.41 Å². The van der Waals surface area contributed by atoms with E-state index in [0.717, 1.165) is 38.5 Å². The van der Waals surface area contributed by atoms with Gasteiger partial charge in [-0.25, -0.2) is 0 Å². The molecule has 1 aliphatic rings. The molecule has 0 bridgehead atoms. The van der Waals surface area contributed by atoms with Crippen molar-refractivity contribution in [3.63, 3.8) is 0 Å². The fraction of sp³-hybridized carbons (Fsp3) is 1.00. The molecule has 15 heavy (non-hydrogen) atoms. The van der Waals surface area contributed by atoms with Crippen molar-refractivity contribution in [1.82, 2.24) is 4.90 Å². The van der Waals surface area contributed by atoms with Gasteiger partial charge in [0, 0.05) is 19.1 Å². The van der Waals surface area contributed by atoms with Gasteiger partial charge < -0.3 is 10.8 Å². The average molecular weight is 214 g/mol. The molecule has 1 fully saturated rings. The van der Waals surface area contributed by atoms with E-state index in [1.807, 2.05) is 0 Å². The second-order valence-electron chi connectivity index (χ2n) is 4.84. The molecule has 1 rings (SSSR count). The lowest BCUT2D eigenvalue weighted by molar-refractivity contribution is 0.114. The zero-order valence-corrected chi connectivity index (χ0v) is 10.2. The molecule has 0 saturated heterocycles. The second kappa shape index (κ2) is 5.83. The maximum Gasteiger partial charge on any atom is 0.0558 e. The van der Waals surface area contributed by atoms with Gasteiger partial charge >= 0.3 is 0 Å². The summed E-state index contributed by atoms with van der Waals surface area (Å²) in [6.45, 7) is 7.34. The minimum absolute atomic E-state index is 0.262. The van der Waals surface area contributed by atoms with Gasteiger partial charge in [-0.15, -0.1) is 0 Å². The maximum absolute atomic E-state index is 9.06. The van der Waals surface area contributed by atoms with E-state index in [2.05, 4.69) is 18.7 Å². The highest BCUT2D eigenvalue weighted by Crippen LogP contribution is 2.32. The molecule has 0 amide bonds. The normalized spacial score (nSPS) is 17.4. The Morgan fingerprint density at radius 3 is 2.27 bits per heavy atom. The molecule has 0 aromatic heterocycles. The summed E-state index contributed by atoms with van der Waals surface area (Å²) in [5.74, 6) is 0. The third-order valence-electron chi connectivity index (χ3n) is 3.92. The van der Waals surface area contributed by atoms with Crippen molar-refractivity contribution in [3.8, 4) is 0 Å². The second-order valence-corrected chi connectivity index (χ2v) is 4.84. The lowest BCUT2D eigenvalue weighted by atomic mass is 9.82. The average Bonchev–Trinajstić information content (AvgIpc) is 3.09. The highest BCUT2D eigenvalue weighted by Gasteiger charge is 2.34. The highest BCUT2D eigenvalue weighted by atomic mass is 16.3. The molecule has 0 heterocycles. The Morgan fingerprint density at radius 2 is 1.93 bits per heavy atom. The maximum atomic E-state index is 9.06. The van der Waals surface area contributed by atoms with E-state index in [9.17, 15) is 0 Å². The fourth-order valence-electron chi connectivity index (χ4n) is 2.22. The third kappa shape index (κ3) is 3.44. The molecule has 0 aromatic carbocycles. The molecule has 1 aliphatic carbocycles. The van der Waals surface area contributed by atoms with Crippen LogP contribution in [0.1, 0.15) is 39.5 Å². The minimum Gasteiger partial charge on any atom is -0.395 e. The Bertz CT molecular complexity index is 168. The van der Waals surface area contributed by atoms with Crippen molar-refractivity contribution in [3.05, 3.63) is 0 Å². The molecule has 0 aromatic rings. The Hall–Kier alpha value is -0.120. The first-order valence-corrected chi connectivity index (χ1v) is 6.26. The van der Waals surface area contributed by atoms with Crippen LogP contribution in [-0.2, 0) is 0 Å². The van der Waals surface area contributed by atoms with Gasteiger partial charge in [-0.2, -0.15) is 0 Å². The zero-order chi connectivity index (χ0) is 11.3. The number of hydrogen-bond acceptors (Lipinski definition) is 3. The zero-order valence-electron chi connectivity index (χ0n) is 10.2.